The topological polar surface area (TPSA) is 0 Å². The van der Waals surface area contributed by atoms with Crippen LogP contribution in [0.3, 0.4) is 0 Å². The summed E-state index contributed by atoms with van der Waals surface area (Å²) < 4.78 is 73.5. The van der Waals surface area contributed by atoms with Gasteiger partial charge in [0.2, 0.25) is 0 Å². The Hall–Kier alpha value is -12.1. The van der Waals surface area contributed by atoms with Crippen molar-refractivity contribution in [1.82, 2.24) is 0 Å². The van der Waals surface area contributed by atoms with Crippen molar-refractivity contribution in [3.8, 4) is 111 Å². The lowest BCUT2D eigenvalue weighted by Gasteiger charge is -2.09. The molecule has 0 unspecified atom stereocenters. The lowest BCUT2D eigenvalue weighted by Crippen LogP contribution is -1.89. The highest BCUT2D eigenvalue weighted by molar-refractivity contribution is 5.77. The average molecular weight is 1720 g/mol. The molecule has 0 bridgehead atoms. The van der Waals surface area contributed by atoms with Gasteiger partial charge in [-0.25, -0.2) is 22.0 Å². The summed E-state index contributed by atoms with van der Waals surface area (Å²) in [6, 6.07) is 111. The van der Waals surface area contributed by atoms with E-state index >= 15 is 0 Å². The van der Waals surface area contributed by atoms with Crippen molar-refractivity contribution in [3.63, 3.8) is 0 Å². The monoisotopic (exact) mass is 1720 g/mol. The van der Waals surface area contributed by atoms with Crippen LogP contribution in [0.2, 0.25) is 0 Å². The minimum absolute atomic E-state index is 0.163. The highest BCUT2D eigenvalue weighted by Crippen LogP contribution is 2.36. The van der Waals surface area contributed by atoms with Gasteiger partial charge in [0.1, 0.15) is 29.1 Å². The van der Waals surface area contributed by atoms with Crippen LogP contribution in [0.25, 0.3) is 111 Å². The van der Waals surface area contributed by atoms with Gasteiger partial charge >= 0.3 is 0 Å². The highest BCUT2D eigenvalue weighted by Gasteiger charge is 2.16. The van der Waals surface area contributed by atoms with Gasteiger partial charge in [-0.2, -0.15) is 0 Å². The van der Waals surface area contributed by atoms with E-state index in [1.165, 1.54) is 120 Å². The Morgan fingerprint density at radius 2 is 0.279 bits per heavy atom. The van der Waals surface area contributed by atoms with Gasteiger partial charge in [-0.15, -0.1) is 0 Å². The van der Waals surface area contributed by atoms with Crippen molar-refractivity contribution in [2.75, 3.05) is 0 Å². The van der Waals surface area contributed by atoms with E-state index in [0.29, 0.717) is 27.8 Å². The van der Waals surface area contributed by atoms with E-state index in [1.54, 1.807) is 30.3 Å². The molecule has 0 nitrogen and oxygen atoms in total. The lowest BCUT2D eigenvalue weighted by molar-refractivity contribution is 0.631. The molecule has 0 N–H and O–H groups in total. The summed E-state index contributed by atoms with van der Waals surface area (Å²) in [6.45, 7) is 21.8. The van der Waals surface area contributed by atoms with Crippen molar-refractivity contribution in [3.05, 3.63) is 418 Å². The number of rotatable bonds is 34. The molecule has 0 radical (unpaired) electrons. The van der Waals surface area contributed by atoms with E-state index in [4.69, 9.17) is 0 Å². The van der Waals surface area contributed by atoms with Gasteiger partial charge in [0.05, 0.1) is 0 Å². The molecule has 0 aliphatic rings. The number of hydrogen-bond acceptors (Lipinski definition) is 0. The first-order chi connectivity index (χ1) is 63.0. The summed E-state index contributed by atoms with van der Waals surface area (Å²) in [7, 11) is 0. The van der Waals surface area contributed by atoms with Gasteiger partial charge in [0.15, 0.2) is 0 Å². The predicted octanol–water partition coefficient (Wildman–Crippen LogP) is 36.9. The molecule has 0 fully saturated rings. The van der Waals surface area contributed by atoms with Gasteiger partial charge in [-0.05, 0) is 259 Å². The van der Waals surface area contributed by atoms with Crippen molar-refractivity contribution >= 4 is 0 Å². The van der Waals surface area contributed by atoms with Crippen LogP contribution in [0.1, 0.15) is 215 Å². The number of benzene rings is 15. The lowest BCUT2D eigenvalue weighted by atomic mass is 9.97. The molecule has 0 saturated heterocycles. The molecule has 5 heteroatoms. The average Bonchev–Trinajstić information content (AvgIpc) is 0.774. The Morgan fingerprint density at radius 1 is 0.132 bits per heavy atom. The Balaban J connectivity index is 0.000000156. The van der Waals surface area contributed by atoms with E-state index in [0.717, 1.165) is 173 Å². The minimum Gasteiger partial charge on any atom is -0.206 e. The molecule has 0 saturated carbocycles. The van der Waals surface area contributed by atoms with Crippen LogP contribution >= 0.6 is 0 Å². The highest BCUT2D eigenvalue weighted by atomic mass is 19.1. The van der Waals surface area contributed by atoms with Gasteiger partial charge in [0, 0.05) is 27.8 Å². The maximum absolute atomic E-state index is 14.8. The van der Waals surface area contributed by atoms with Crippen LogP contribution in [-0.4, -0.2) is 0 Å². The molecule has 15 rings (SSSR count). The molecule has 0 aromatic heterocycles. The molecule has 129 heavy (non-hydrogen) atoms. The molecule has 15 aromatic carbocycles. The van der Waals surface area contributed by atoms with Crippen molar-refractivity contribution in [2.24, 2.45) is 0 Å². The number of aryl methyl sites for hydroxylation is 10. The van der Waals surface area contributed by atoms with Gasteiger partial charge in [-0.3, -0.25) is 0 Å². The summed E-state index contributed by atoms with van der Waals surface area (Å²) in [5.74, 6) is -0.833. The van der Waals surface area contributed by atoms with Crippen molar-refractivity contribution in [2.45, 2.75) is 223 Å². The number of halogens is 5. The standard InChI is InChI=1S/2C26H29F.3C24H25F/c1-3-5-6-8-21-9-13-22(14-10-21)24-17-18-25(26(27)19-24)23-15-11-20(7-4-2)12-16-23;1-3-5-6-8-21-11-15-23(16-12-21)25-18-17-24(19-26(25)27)22-13-9-20(7-4-2)10-14-22;1-3-5-6-19-9-11-20(12-10-19)22-15-16-23(24(25)17-22)21-13-7-18(4-2)8-14-21;1-3-5-6-19-9-13-21(14-10-19)23-16-15-22(17-24(23)25)20-11-7-18(4-2)8-12-20;1-3-5-18-7-11-20(12-8-18)22-15-16-23(24(25)17-22)21-13-9-19(6-4-2)10-14-21/h2*9-19H,3-8H2,1-2H3;3*7-17H,3-6H2,1-2H3. The van der Waals surface area contributed by atoms with E-state index in [1.807, 2.05) is 121 Å². The van der Waals surface area contributed by atoms with Gasteiger partial charge < -0.3 is 0 Å². The van der Waals surface area contributed by atoms with Crippen molar-refractivity contribution < 1.29 is 22.0 Å². The number of unbranched alkanes of at least 4 members (excludes halogenated alkanes) is 6. The normalized spacial score (nSPS) is 10.9. The molecule has 0 aliphatic heterocycles. The van der Waals surface area contributed by atoms with E-state index < -0.39 is 0 Å². The Morgan fingerprint density at radius 3 is 0.434 bits per heavy atom. The first kappa shape index (κ1) is 97.6. The molecule has 15 aromatic rings. The smallest absolute Gasteiger partial charge is 0.131 e. The maximum atomic E-state index is 14.8. The van der Waals surface area contributed by atoms with E-state index in [2.05, 4.69) is 251 Å². The zero-order chi connectivity index (χ0) is 91.1. The Kier molecular flexibility index (Phi) is 39.2. The third-order valence-electron chi connectivity index (χ3n) is 24.4. The molecule has 0 aliphatic carbocycles. The zero-order valence-corrected chi connectivity index (χ0v) is 78.1. The van der Waals surface area contributed by atoms with Crippen molar-refractivity contribution in [1.29, 1.82) is 0 Å². The summed E-state index contributed by atoms with van der Waals surface area (Å²) in [5, 5.41) is 0. The SMILES string of the molecule is CCCCCc1ccc(-c2ccc(-c3ccc(CCC)cc3)c(F)c2)cc1.CCCCCc1ccc(-c2ccc(-c3ccc(CCC)cc3)cc2F)cc1.CCCCc1ccc(-c2ccc(-c3ccc(CC)cc3)c(F)c2)cc1.CCCCc1ccc(-c2ccc(-c3ccc(CC)cc3)cc2F)cc1.CCCc1ccc(-c2ccc(-c3ccc(CCC)cc3)c(F)c2)cc1. The molecular weight excluding hydrogens is 1580 g/mol. The second-order valence-corrected chi connectivity index (χ2v) is 34.3. The van der Waals surface area contributed by atoms with Crippen LogP contribution in [0.5, 0.6) is 0 Å². The number of hydrogen-bond donors (Lipinski definition) is 0. The summed E-state index contributed by atoms with van der Waals surface area (Å²) >= 11 is 0. The summed E-state index contributed by atoms with van der Waals surface area (Å²) in [4.78, 5) is 0. The fourth-order valence-corrected chi connectivity index (χ4v) is 16.4. The second-order valence-electron chi connectivity index (χ2n) is 34.3. The zero-order valence-electron chi connectivity index (χ0n) is 78.1. The van der Waals surface area contributed by atoms with Gasteiger partial charge in [-0.1, -0.05) is 437 Å². The molecule has 0 atom stereocenters. The maximum Gasteiger partial charge on any atom is 0.131 e. The van der Waals surface area contributed by atoms with Crippen LogP contribution in [0.15, 0.2) is 334 Å². The molecule has 0 spiro atoms. The molecule has 0 amide bonds. The first-order valence-electron chi connectivity index (χ1n) is 48.0. The first-order valence-corrected chi connectivity index (χ1v) is 48.0. The predicted molar refractivity (Wildman–Crippen MR) is 545 cm³/mol. The van der Waals surface area contributed by atoms with Crippen LogP contribution < -0.4 is 0 Å². The second kappa shape index (κ2) is 51.8. The summed E-state index contributed by atoms with van der Waals surface area (Å²) in [6.07, 6.45) is 27.5. The van der Waals surface area contributed by atoms with Crippen LogP contribution in [0, 0.1) is 29.1 Å². The third-order valence-corrected chi connectivity index (χ3v) is 24.4. The third kappa shape index (κ3) is 29.2. The Bertz CT molecular complexity index is 5830. The fraction of sp³-hybridized carbons (Fsp3) is 0.274. The minimum atomic E-state index is -0.170. The summed E-state index contributed by atoms with van der Waals surface area (Å²) in [5.41, 5.74) is 31.1. The Labute approximate surface area is 769 Å². The fourth-order valence-electron chi connectivity index (χ4n) is 16.4. The van der Waals surface area contributed by atoms with Crippen LogP contribution in [0.4, 0.5) is 22.0 Å². The van der Waals surface area contributed by atoms with E-state index in [-0.39, 0.29) is 29.1 Å². The molecule has 0 heterocycles. The van der Waals surface area contributed by atoms with Crippen LogP contribution in [-0.2, 0) is 64.2 Å². The molecule has 664 valence electrons. The van der Waals surface area contributed by atoms with Gasteiger partial charge in [0.25, 0.3) is 0 Å². The van der Waals surface area contributed by atoms with E-state index in [9.17, 15) is 22.0 Å². The quantitative estimate of drug-likeness (QED) is 0.0279. The largest absolute Gasteiger partial charge is 0.206 e. The molecular formula is C124H133F5.